The molecule has 1 aliphatic rings. The van der Waals surface area contributed by atoms with Crippen LogP contribution in [-0.4, -0.2) is 54.4 Å². The summed E-state index contributed by atoms with van der Waals surface area (Å²) >= 11 is 0. The van der Waals surface area contributed by atoms with E-state index in [4.69, 9.17) is 0 Å². The maximum absolute atomic E-state index is 11.1. The molecule has 1 fully saturated rings. The zero-order chi connectivity index (χ0) is 52.4. The van der Waals surface area contributed by atoms with Gasteiger partial charge in [-0.15, -0.1) is 0 Å². The molecule has 8 aromatic carbocycles. The van der Waals surface area contributed by atoms with E-state index >= 15 is 0 Å². The molecule has 2 atom stereocenters. The minimum atomic E-state index is -0.960. The number of rotatable bonds is 14. The molecule has 0 unspecified atom stereocenters. The number of nitro groups is 4. The fourth-order valence-electron chi connectivity index (χ4n) is 8.09. The Bertz CT molecular complexity index is 2840. The third kappa shape index (κ3) is 15.2. The van der Waals surface area contributed by atoms with E-state index in [0.717, 1.165) is 37.4 Å². The summed E-state index contributed by atoms with van der Waals surface area (Å²) in [5.74, 6) is -1.59. The first-order valence-electron chi connectivity index (χ1n) is 23.2. The van der Waals surface area contributed by atoms with Crippen LogP contribution in [0.3, 0.4) is 0 Å². The largest absolute Gasteiger partial charge is 0.502 e. The molecule has 0 amide bonds. The van der Waals surface area contributed by atoms with Gasteiger partial charge in [-0.1, -0.05) is 195 Å². The fraction of sp³-hybridized carbons (Fsp3) is 0.107. The SMILES string of the molecule is O=[N+]([O-])c1cc(C=N[C@@H]2CCCC[C@H]2N=Cc2cc([N+](=O)[O-])cc([N+](=O)[O-])c2O)c(O)c([N+](=O)[O-])c1.[Ru].c1ccc(P(c2ccccc2)c2ccccc2)cc1.c1ccc(P(c2ccccc2)c2ccccc2)cc1. The number of non-ortho nitro benzene ring substituents is 2. The quantitative estimate of drug-likeness (QED) is 0.0343. The van der Waals surface area contributed by atoms with Gasteiger partial charge < -0.3 is 10.2 Å². The molecule has 1 saturated carbocycles. The molecule has 8 aromatic rings. The molecule has 0 heterocycles. The molecule has 380 valence electrons. The summed E-state index contributed by atoms with van der Waals surface area (Å²) in [5.41, 5.74) is -3.41. The van der Waals surface area contributed by atoms with E-state index in [1.165, 1.54) is 31.8 Å². The van der Waals surface area contributed by atoms with E-state index in [-0.39, 0.29) is 30.6 Å². The summed E-state index contributed by atoms with van der Waals surface area (Å²) in [6.07, 6.45) is 4.62. The minimum Gasteiger partial charge on any atom is -0.502 e. The third-order valence-corrected chi connectivity index (χ3v) is 16.5. The fourth-order valence-corrected chi connectivity index (χ4v) is 12.7. The zero-order valence-corrected chi connectivity index (χ0v) is 43.4. The Balaban J connectivity index is 0.000000197. The van der Waals surface area contributed by atoms with Crippen molar-refractivity contribution in [2.75, 3.05) is 0 Å². The van der Waals surface area contributed by atoms with Gasteiger partial charge in [-0.2, -0.15) is 0 Å². The van der Waals surface area contributed by atoms with Gasteiger partial charge in [0.15, 0.2) is 0 Å². The summed E-state index contributed by atoms with van der Waals surface area (Å²) in [6, 6.07) is 66.7. The second kappa shape index (κ2) is 27.7. The molecule has 2 N–H and O–H groups in total. The van der Waals surface area contributed by atoms with Crippen molar-refractivity contribution in [2.45, 2.75) is 37.8 Å². The van der Waals surface area contributed by atoms with Crippen LogP contribution >= 0.6 is 15.8 Å². The van der Waals surface area contributed by atoms with Crippen LogP contribution in [0.1, 0.15) is 36.8 Å². The molecular formula is C56H48N6O10P2Ru. The molecule has 0 radical (unpaired) electrons. The molecule has 19 heteroatoms. The van der Waals surface area contributed by atoms with Crippen LogP contribution in [0.25, 0.3) is 0 Å². The monoisotopic (exact) mass is 1130 g/mol. The molecule has 75 heavy (non-hydrogen) atoms. The Morgan fingerprint density at radius 3 is 0.853 bits per heavy atom. The Morgan fingerprint density at radius 1 is 0.400 bits per heavy atom. The number of nitrogens with zero attached hydrogens (tertiary/aromatic N) is 6. The maximum Gasteiger partial charge on any atom is 0.318 e. The third-order valence-electron chi connectivity index (χ3n) is 11.6. The number of hydrogen-bond donors (Lipinski definition) is 2. The average molecular weight is 1130 g/mol. The first-order chi connectivity index (χ1) is 35.9. The van der Waals surface area contributed by atoms with E-state index < -0.39 is 81.9 Å². The summed E-state index contributed by atoms with van der Waals surface area (Å²) in [6.45, 7) is 0. The van der Waals surface area contributed by atoms with E-state index in [0.29, 0.717) is 25.0 Å². The number of hydrogen-bond acceptors (Lipinski definition) is 12. The Morgan fingerprint density at radius 2 is 0.640 bits per heavy atom. The normalized spacial score (nSPS) is 13.9. The van der Waals surface area contributed by atoms with E-state index in [1.807, 2.05) is 0 Å². The van der Waals surface area contributed by atoms with Crippen molar-refractivity contribution >= 4 is 82.8 Å². The van der Waals surface area contributed by atoms with Gasteiger partial charge in [-0.25, -0.2) is 0 Å². The first-order valence-corrected chi connectivity index (χ1v) is 25.9. The topological polar surface area (TPSA) is 238 Å². The van der Waals surface area contributed by atoms with Gasteiger partial charge in [0.1, 0.15) is 0 Å². The molecule has 16 nitrogen and oxygen atoms in total. The summed E-state index contributed by atoms with van der Waals surface area (Å²) in [4.78, 5) is 49.5. The van der Waals surface area contributed by atoms with Gasteiger partial charge >= 0.3 is 11.4 Å². The van der Waals surface area contributed by atoms with Crippen LogP contribution in [0.5, 0.6) is 11.5 Å². The van der Waals surface area contributed by atoms with Crippen molar-refractivity contribution in [2.24, 2.45) is 9.98 Å². The second-order valence-corrected chi connectivity index (χ2v) is 20.9. The van der Waals surface area contributed by atoms with E-state index in [1.54, 1.807) is 0 Å². The van der Waals surface area contributed by atoms with Gasteiger partial charge in [-0.3, -0.25) is 50.4 Å². The van der Waals surface area contributed by atoms with Crippen molar-refractivity contribution in [1.29, 1.82) is 0 Å². The van der Waals surface area contributed by atoms with Crippen LogP contribution in [0.2, 0.25) is 0 Å². The molecular weight excluding hydrogens is 1080 g/mol. The summed E-state index contributed by atoms with van der Waals surface area (Å²) in [5, 5.41) is 73.2. The second-order valence-electron chi connectivity index (χ2n) is 16.5. The van der Waals surface area contributed by atoms with Crippen molar-refractivity contribution in [3.63, 3.8) is 0 Å². The Labute approximate surface area is 447 Å². The summed E-state index contributed by atoms with van der Waals surface area (Å²) < 4.78 is 0. The number of aliphatic imine (C=N–C) groups is 2. The number of benzene rings is 8. The number of nitro benzene ring substituents is 4. The van der Waals surface area contributed by atoms with Crippen molar-refractivity contribution in [3.8, 4) is 11.5 Å². The zero-order valence-electron chi connectivity index (χ0n) is 39.9. The standard InChI is InChI=1S/C20H18N6O10.2C18H15P.Ru/c27-19-11(5-13(23(29)30)7-17(19)25(33)34)9-21-15-3-1-2-4-16(15)22-10-12-6-14(24(31)32)8-18(20(12)28)26(35)36;2*1-4-10-16(11-5-1)19(17-12-6-2-7-13-17)18-14-8-3-9-15-18;/h5-10,15-16,27-28H,1-4H2;2*1-15H;/t15-,16-;;;/m1.../s1. The molecule has 0 aromatic heterocycles. The predicted molar refractivity (Wildman–Crippen MR) is 294 cm³/mol. The molecule has 1 aliphatic carbocycles. The predicted octanol–water partition coefficient (Wildman–Crippen LogP) is 10.5. The van der Waals surface area contributed by atoms with Crippen molar-refractivity contribution < 1.29 is 49.4 Å². The van der Waals surface area contributed by atoms with E-state index in [9.17, 15) is 50.7 Å². The van der Waals surface area contributed by atoms with Crippen LogP contribution in [0.4, 0.5) is 22.7 Å². The number of aromatic hydroxyl groups is 2. The van der Waals surface area contributed by atoms with Gasteiger partial charge in [0.25, 0.3) is 11.4 Å². The molecule has 0 aliphatic heterocycles. The molecule has 0 spiro atoms. The van der Waals surface area contributed by atoms with Crippen LogP contribution < -0.4 is 31.8 Å². The van der Waals surface area contributed by atoms with E-state index in [2.05, 4.69) is 192 Å². The van der Waals surface area contributed by atoms with Gasteiger partial charge in [0.2, 0.25) is 11.5 Å². The number of phenols is 2. The summed E-state index contributed by atoms with van der Waals surface area (Å²) in [7, 11) is -0.892. The minimum absolute atomic E-state index is 0. The Hall–Kier alpha value is -8.22. The van der Waals surface area contributed by atoms with Crippen molar-refractivity contribution in [1.82, 2.24) is 0 Å². The molecule has 0 bridgehead atoms. The van der Waals surface area contributed by atoms with Gasteiger partial charge in [0, 0.05) is 55.2 Å². The number of phenolic OH excluding ortho intramolecular Hbond substituents is 2. The smallest absolute Gasteiger partial charge is 0.318 e. The Kier molecular flexibility index (Phi) is 20.7. The van der Waals surface area contributed by atoms with Crippen molar-refractivity contribution in [3.05, 3.63) is 258 Å². The maximum atomic E-state index is 11.1. The molecule has 0 saturated heterocycles. The van der Waals surface area contributed by atoms with Crippen LogP contribution in [0.15, 0.2) is 216 Å². The first kappa shape index (κ1) is 56.1. The van der Waals surface area contributed by atoms with Crippen LogP contribution in [0, 0.1) is 40.5 Å². The average Bonchev–Trinajstić information content (AvgIpc) is 3.43. The van der Waals surface area contributed by atoms with Gasteiger partial charge in [0.05, 0.1) is 43.9 Å². The van der Waals surface area contributed by atoms with Crippen LogP contribution in [-0.2, 0) is 19.5 Å². The van der Waals surface area contributed by atoms with Gasteiger partial charge in [-0.05, 0) is 60.5 Å². The molecule has 9 rings (SSSR count).